The Morgan fingerprint density at radius 3 is 2.50 bits per heavy atom. The van der Waals surface area contributed by atoms with Crippen molar-refractivity contribution in [3.8, 4) is 5.75 Å². The van der Waals surface area contributed by atoms with Crippen molar-refractivity contribution in [1.82, 2.24) is 10.6 Å². The number of amides is 1. The van der Waals surface area contributed by atoms with Crippen LogP contribution >= 0.6 is 0 Å². The van der Waals surface area contributed by atoms with Crippen molar-refractivity contribution in [2.75, 3.05) is 31.6 Å². The van der Waals surface area contributed by atoms with Gasteiger partial charge in [-0.05, 0) is 72.6 Å². The first-order valence-corrected chi connectivity index (χ1v) is 13.3. The maximum Gasteiger partial charge on any atom is 0.224 e. The van der Waals surface area contributed by atoms with Crippen molar-refractivity contribution in [1.29, 1.82) is 0 Å². The van der Waals surface area contributed by atoms with Gasteiger partial charge in [0.2, 0.25) is 5.91 Å². The fourth-order valence-corrected chi connectivity index (χ4v) is 5.64. The van der Waals surface area contributed by atoms with Gasteiger partial charge in [0.1, 0.15) is 5.75 Å². The lowest BCUT2D eigenvalue weighted by atomic mass is 10.0. The molecule has 1 atom stereocenters. The summed E-state index contributed by atoms with van der Waals surface area (Å²) >= 11 is 0. The largest absolute Gasteiger partial charge is 0.496 e. The Morgan fingerprint density at radius 2 is 1.69 bits per heavy atom. The van der Waals surface area contributed by atoms with Crippen molar-refractivity contribution in [3.63, 3.8) is 0 Å². The van der Waals surface area contributed by atoms with Gasteiger partial charge in [-0.2, -0.15) is 0 Å². The van der Waals surface area contributed by atoms with Crippen LogP contribution in [-0.4, -0.2) is 38.7 Å². The molecule has 2 N–H and O–H groups in total. The van der Waals surface area contributed by atoms with E-state index in [-0.39, 0.29) is 5.91 Å². The highest BCUT2D eigenvalue weighted by molar-refractivity contribution is 5.78. The molecule has 5 heteroatoms. The Bertz CT molecular complexity index is 1150. The molecule has 36 heavy (non-hydrogen) atoms. The molecule has 1 amide bonds. The highest BCUT2D eigenvalue weighted by Gasteiger charge is 2.26. The van der Waals surface area contributed by atoms with E-state index in [1.807, 2.05) is 24.3 Å². The van der Waals surface area contributed by atoms with Gasteiger partial charge in [-0.3, -0.25) is 4.79 Å². The zero-order valence-corrected chi connectivity index (χ0v) is 21.2. The third-order valence-electron chi connectivity index (χ3n) is 7.64. The monoisotopic (exact) mass is 483 g/mol. The zero-order chi connectivity index (χ0) is 24.7. The van der Waals surface area contributed by atoms with Crippen LogP contribution in [0.1, 0.15) is 47.6 Å². The molecule has 1 fully saturated rings. The van der Waals surface area contributed by atoms with Gasteiger partial charge in [-0.25, -0.2) is 0 Å². The number of benzene rings is 3. The van der Waals surface area contributed by atoms with Gasteiger partial charge in [0, 0.05) is 37.4 Å². The minimum atomic E-state index is 0.0537. The van der Waals surface area contributed by atoms with Crippen LogP contribution < -0.4 is 20.3 Å². The lowest BCUT2D eigenvalue weighted by Gasteiger charge is -2.35. The number of ether oxygens (including phenoxy) is 1. The van der Waals surface area contributed by atoms with E-state index >= 15 is 0 Å². The second-order valence-electron chi connectivity index (χ2n) is 9.97. The molecule has 0 saturated carbocycles. The SMILES string of the molecule is COc1ccccc1CCNC(=O)Cc1ccc(N2CCC(NC3CCc4ccccc43)CC2)cc1. The highest BCUT2D eigenvalue weighted by Crippen LogP contribution is 2.32. The smallest absolute Gasteiger partial charge is 0.224 e. The van der Waals surface area contributed by atoms with Crippen molar-refractivity contribution in [3.05, 3.63) is 95.1 Å². The fourth-order valence-electron chi connectivity index (χ4n) is 5.64. The van der Waals surface area contributed by atoms with E-state index in [2.05, 4.69) is 64.1 Å². The van der Waals surface area contributed by atoms with Gasteiger partial charge >= 0.3 is 0 Å². The number of hydrogen-bond donors (Lipinski definition) is 2. The Kier molecular flexibility index (Phi) is 7.87. The third kappa shape index (κ3) is 5.90. The van der Waals surface area contributed by atoms with Crippen LogP contribution in [0.25, 0.3) is 0 Å². The molecule has 3 aromatic rings. The van der Waals surface area contributed by atoms with E-state index in [0.717, 1.165) is 49.2 Å². The topological polar surface area (TPSA) is 53.6 Å². The summed E-state index contributed by atoms with van der Waals surface area (Å²) in [5, 5.41) is 6.97. The van der Waals surface area contributed by atoms with Crippen molar-refractivity contribution < 1.29 is 9.53 Å². The molecule has 0 aromatic heterocycles. The predicted octanol–water partition coefficient (Wildman–Crippen LogP) is 4.84. The summed E-state index contributed by atoms with van der Waals surface area (Å²) in [7, 11) is 1.68. The number of nitrogens with one attached hydrogen (secondary N) is 2. The van der Waals surface area contributed by atoms with E-state index in [9.17, 15) is 4.79 Å². The lowest BCUT2D eigenvalue weighted by Crippen LogP contribution is -2.43. The molecular weight excluding hydrogens is 446 g/mol. The number of piperidine rings is 1. The maximum atomic E-state index is 12.4. The Hall–Kier alpha value is -3.31. The van der Waals surface area contributed by atoms with Gasteiger partial charge in [-0.15, -0.1) is 0 Å². The van der Waals surface area contributed by atoms with Gasteiger partial charge in [0.25, 0.3) is 0 Å². The zero-order valence-electron chi connectivity index (χ0n) is 21.2. The lowest BCUT2D eigenvalue weighted by molar-refractivity contribution is -0.120. The van der Waals surface area contributed by atoms with E-state index < -0.39 is 0 Å². The van der Waals surface area contributed by atoms with Gasteiger partial charge < -0.3 is 20.3 Å². The average Bonchev–Trinajstić information content (AvgIpc) is 3.32. The summed E-state index contributed by atoms with van der Waals surface area (Å²) in [4.78, 5) is 14.9. The number of fused-ring (bicyclic) bond motifs is 1. The molecule has 1 aliphatic heterocycles. The molecule has 5 rings (SSSR count). The van der Waals surface area contributed by atoms with Crippen LogP contribution in [0, 0.1) is 0 Å². The van der Waals surface area contributed by atoms with Crippen LogP contribution in [0.15, 0.2) is 72.8 Å². The molecular formula is C31H37N3O2. The van der Waals surface area contributed by atoms with E-state index in [1.54, 1.807) is 7.11 Å². The Labute approximate surface area is 214 Å². The normalized spacial score (nSPS) is 17.6. The Balaban J connectivity index is 1.05. The number of carbonyl (C=O) groups excluding carboxylic acids is 1. The molecule has 0 bridgehead atoms. The summed E-state index contributed by atoms with van der Waals surface area (Å²) in [5.41, 5.74) is 6.42. The molecule has 188 valence electrons. The molecule has 2 aliphatic rings. The second kappa shape index (κ2) is 11.6. The number of carbonyl (C=O) groups is 1. The minimum Gasteiger partial charge on any atom is -0.496 e. The second-order valence-corrected chi connectivity index (χ2v) is 9.97. The number of nitrogens with zero attached hydrogens (tertiary/aromatic N) is 1. The summed E-state index contributed by atoms with van der Waals surface area (Å²) in [5.74, 6) is 0.920. The molecule has 0 radical (unpaired) electrons. The first-order valence-electron chi connectivity index (χ1n) is 13.3. The van der Waals surface area contributed by atoms with Gasteiger partial charge in [0.05, 0.1) is 13.5 Å². The molecule has 5 nitrogen and oxygen atoms in total. The van der Waals surface area contributed by atoms with Crippen molar-refractivity contribution in [2.24, 2.45) is 0 Å². The standard InChI is InChI=1S/C31H37N3O2/c1-36-30-9-5-3-7-25(30)16-19-32-31(35)22-23-10-13-27(14-11-23)34-20-17-26(18-21-34)33-29-15-12-24-6-2-4-8-28(24)29/h2-11,13-14,26,29,33H,12,15-22H2,1H3,(H,32,35). The predicted molar refractivity (Wildman–Crippen MR) is 146 cm³/mol. The summed E-state index contributed by atoms with van der Waals surface area (Å²) in [6.45, 7) is 2.73. The van der Waals surface area contributed by atoms with Gasteiger partial charge in [0.15, 0.2) is 0 Å². The molecule has 1 aliphatic carbocycles. The highest BCUT2D eigenvalue weighted by atomic mass is 16.5. The number of anilines is 1. The molecule has 1 saturated heterocycles. The third-order valence-corrected chi connectivity index (χ3v) is 7.64. The summed E-state index contributed by atoms with van der Waals surface area (Å²) in [6.07, 6.45) is 5.89. The minimum absolute atomic E-state index is 0.0537. The van der Waals surface area contributed by atoms with Crippen LogP contribution in [0.5, 0.6) is 5.75 Å². The summed E-state index contributed by atoms with van der Waals surface area (Å²) < 4.78 is 5.39. The molecule has 1 unspecified atom stereocenters. The van der Waals surface area contributed by atoms with E-state index in [0.29, 0.717) is 25.0 Å². The average molecular weight is 484 g/mol. The summed E-state index contributed by atoms with van der Waals surface area (Å²) in [6, 6.07) is 26.4. The van der Waals surface area contributed by atoms with E-state index in [1.165, 1.54) is 29.7 Å². The van der Waals surface area contributed by atoms with Crippen LogP contribution in [0.2, 0.25) is 0 Å². The van der Waals surface area contributed by atoms with Crippen LogP contribution in [0.3, 0.4) is 0 Å². The molecule has 3 aromatic carbocycles. The van der Waals surface area contributed by atoms with Crippen molar-refractivity contribution >= 4 is 11.6 Å². The van der Waals surface area contributed by atoms with Gasteiger partial charge in [-0.1, -0.05) is 54.6 Å². The number of aryl methyl sites for hydroxylation is 1. The quantitative estimate of drug-likeness (QED) is 0.457. The molecule has 0 spiro atoms. The number of rotatable bonds is 9. The first-order chi connectivity index (χ1) is 17.7. The first kappa shape index (κ1) is 24.4. The van der Waals surface area contributed by atoms with Crippen molar-refractivity contribution in [2.45, 2.75) is 50.6 Å². The van der Waals surface area contributed by atoms with Crippen LogP contribution in [-0.2, 0) is 24.1 Å². The number of para-hydroxylation sites is 1. The van der Waals surface area contributed by atoms with Crippen LogP contribution in [0.4, 0.5) is 5.69 Å². The number of hydrogen-bond acceptors (Lipinski definition) is 4. The number of methoxy groups -OCH3 is 1. The maximum absolute atomic E-state index is 12.4. The molecule has 1 heterocycles. The Morgan fingerprint density at radius 1 is 0.944 bits per heavy atom. The fraction of sp³-hybridized carbons (Fsp3) is 0.387. The van der Waals surface area contributed by atoms with E-state index in [4.69, 9.17) is 4.74 Å².